The van der Waals surface area contributed by atoms with Gasteiger partial charge in [0.2, 0.25) is 5.91 Å². The molecule has 0 unspecified atom stereocenters. The van der Waals surface area contributed by atoms with Crippen LogP contribution in [0.2, 0.25) is 0 Å². The van der Waals surface area contributed by atoms with Crippen LogP contribution in [0.15, 0.2) is 49.1 Å². The summed E-state index contributed by atoms with van der Waals surface area (Å²) in [6.07, 6.45) is 6.53. The van der Waals surface area contributed by atoms with E-state index in [0.717, 1.165) is 74.4 Å². The molecule has 8 heteroatoms. The van der Waals surface area contributed by atoms with Crippen LogP contribution in [0.1, 0.15) is 46.0 Å². The van der Waals surface area contributed by atoms with Crippen molar-refractivity contribution in [1.82, 2.24) is 24.6 Å². The molecular weight excluding hydrogens is 442 g/mol. The van der Waals surface area contributed by atoms with Crippen molar-refractivity contribution >= 4 is 11.9 Å². The van der Waals surface area contributed by atoms with E-state index in [1.54, 1.807) is 11.0 Å². The number of hydrogen-bond acceptors (Lipinski definition) is 6. The maximum Gasteiger partial charge on any atom is 0.338 e. The summed E-state index contributed by atoms with van der Waals surface area (Å²) in [6, 6.07) is 11.9. The lowest BCUT2D eigenvalue weighted by Gasteiger charge is -2.35. The van der Waals surface area contributed by atoms with Gasteiger partial charge >= 0.3 is 5.97 Å². The number of cyclic esters (lactones) is 1. The van der Waals surface area contributed by atoms with Crippen molar-refractivity contribution in [3.8, 4) is 5.69 Å². The Labute approximate surface area is 205 Å². The number of carbonyl (C=O) groups excluding carboxylic acids is 2. The standard InChI is InChI=1S/C27H31N5O3/c1-2-3-23-21(6-9-24-25(23)17-35-27(24)34)10-11-30-12-14-31(15-13-30)26(33)16-20-4-7-22(8-5-20)32-19-28-18-29-32/h4-9,18-19H,2-3,10-17H2,1H3. The summed E-state index contributed by atoms with van der Waals surface area (Å²) < 4.78 is 6.97. The zero-order valence-electron chi connectivity index (χ0n) is 20.2. The molecule has 3 aromatic rings. The molecule has 0 atom stereocenters. The Morgan fingerprint density at radius 2 is 1.83 bits per heavy atom. The Morgan fingerprint density at radius 1 is 1.03 bits per heavy atom. The Bertz CT molecular complexity index is 1180. The van der Waals surface area contributed by atoms with Crippen LogP contribution in [0.5, 0.6) is 0 Å². The lowest BCUT2D eigenvalue weighted by atomic mass is 9.92. The first kappa shape index (κ1) is 23.2. The molecule has 1 aromatic heterocycles. The minimum atomic E-state index is -0.198. The van der Waals surface area contributed by atoms with Crippen molar-refractivity contribution in [3.05, 3.63) is 76.9 Å². The van der Waals surface area contributed by atoms with Gasteiger partial charge < -0.3 is 9.64 Å². The van der Waals surface area contributed by atoms with Gasteiger partial charge in [-0.05, 0) is 47.7 Å². The number of esters is 1. The highest BCUT2D eigenvalue weighted by Gasteiger charge is 2.26. The largest absolute Gasteiger partial charge is 0.457 e. The number of carbonyl (C=O) groups is 2. The van der Waals surface area contributed by atoms with E-state index < -0.39 is 0 Å². The summed E-state index contributed by atoms with van der Waals surface area (Å²) in [7, 11) is 0. The third-order valence-electron chi connectivity index (χ3n) is 6.99. The van der Waals surface area contributed by atoms with Gasteiger partial charge in [-0.1, -0.05) is 31.5 Å². The Hall–Kier alpha value is -3.52. The Kier molecular flexibility index (Phi) is 6.90. The maximum absolute atomic E-state index is 12.9. The zero-order valence-corrected chi connectivity index (χ0v) is 20.2. The normalized spacial score (nSPS) is 15.8. The lowest BCUT2D eigenvalue weighted by Crippen LogP contribution is -2.49. The van der Waals surface area contributed by atoms with Crippen molar-refractivity contribution in [2.75, 3.05) is 32.7 Å². The second-order valence-corrected chi connectivity index (χ2v) is 9.21. The highest BCUT2D eigenvalue weighted by atomic mass is 16.5. The molecule has 1 amide bonds. The fraction of sp³-hybridized carbons (Fsp3) is 0.407. The Morgan fingerprint density at radius 3 is 2.54 bits per heavy atom. The second-order valence-electron chi connectivity index (χ2n) is 9.21. The molecule has 0 saturated carbocycles. The summed E-state index contributed by atoms with van der Waals surface area (Å²) in [5, 5.41) is 4.13. The first-order chi connectivity index (χ1) is 17.1. The van der Waals surface area contributed by atoms with Gasteiger partial charge in [0.05, 0.1) is 17.7 Å². The van der Waals surface area contributed by atoms with Gasteiger partial charge in [0.1, 0.15) is 19.3 Å². The van der Waals surface area contributed by atoms with E-state index >= 15 is 0 Å². The number of fused-ring (bicyclic) bond motifs is 1. The molecular formula is C27H31N5O3. The van der Waals surface area contributed by atoms with Gasteiger partial charge in [-0.2, -0.15) is 5.10 Å². The van der Waals surface area contributed by atoms with E-state index in [-0.39, 0.29) is 11.9 Å². The molecule has 1 saturated heterocycles. The average molecular weight is 474 g/mol. The van der Waals surface area contributed by atoms with Crippen molar-refractivity contribution in [2.24, 2.45) is 0 Å². The van der Waals surface area contributed by atoms with E-state index in [1.807, 2.05) is 35.2 Å². The highest BCUT2D eigenvalue weighted by Crippen LogP contribution is 2.28. The molecule has 2 aliphatic rings. The number of piperazine rings is 1. The molecule has 35 heavy (non-hydrogen) atoms. The van der Waals surface area contributed by atoms with Crippen molar-refractivity contribution in [2.45, 2.75) is 39.2 Å². The highest BCUT2D eigenvalue weighted by molar-refractivity contribution is 5.94. The molecule has 2 aromatic carbocycles. The van der Waals surface area contributed by atoms with E-state index in [1.165, 1.54) is 17.5 Å². The van der Waals surface area contributed by atoms with Crippen LogP contribution >= 0.6 is 0 Å². The number of benzene rings is 2. The maximum atomic E-state index is 12.9. The van der Waals surface area contributed by atoms with Crippen molar-refractivity contribution < 1.29 is 14.3 Å². The number of aromatic nitrogens is 3. The fourth-order valence-corrected chi connectivity index (χ4v) is 5.00. The van der Waals surface area contributed by atoms with Gasteiger partial charge in [-0.25, -0.2) is 14.5 Å². The van der Waals surface area contributed by atoms with Gasteiger partial charge in [0.25, 0.3) is 0 Å². The van der Waals surface area contributed by atoms with Gasteiger partial charge in [-0.3, -0.25) is 9.69 Å². The lowest BCUT2D eigenvalue weighted by molar-refractivity contribution is -0.132. The van der Waals surface area contributed by atoms with Gasteiger partial charge in [0.15, 0.2) is 0 Å². The summed E-state index contributed by atoms with van der Waals surface area (Å²) in [5.41, 5.74) is 6.36. The molecule has 0 N–H and O–H groups in total. The molecule has 0 spiro atoms. The predicted molar refractivity (Wildman–Crippen MR) is 131 cm³/mol. The fourth-order valence-electron chi connectivity index (χ4n) is 5.00. The summed E-state index contributed by atoms with van der Waals surface area (Å²) in [6.45, 7) is 6.80. The monoisotopic (exact) mass is 473 g/mol. The summed E-state index contributed by atoms with van der Waals surface area (Å²) in [5.74, 6) is -0.0254. The molecule has 0 aliphatic carbocycles. The Balaban J connectivity index is 1.12. The molecule has 182 valence electrons. The predicted octanol–water partition coefficient (Wildman–Crippen LogP) is 2.82. The number of amides is 1. The molecule has 5 rings (SSSR count). The third-order valence-corrected chi connectivity index (χ3v) is 6.99. The van der Waals surface area contributed by atoms with E-state index in [0.29, 0.717) is 13.0 Å². The smallest absolute Gasteiger partial charge is 0.338 e. The first-order valence-electron chi connectivity index (χ1n) is 12.4. The van der Waals surface area contributed by atoms with Crippen molar-refractivity contribution in [1.29, 1.82) is 0 Å². The summed E-state index contributed by atoms with van der Waals surface area (Å²) >= 11 is 0. The second kappa shape index (κ2) is 10.4. The number of rotatable bonds is 8. The minimum Gasteiger partial charge on any atom is -0.457 e. The molecule has 0 bridgehead atoms. The molecule has 3 heterocycles. The number of ether oxygens (including phenoxy) is 1. The van der Waals surface area contributed by atoms with Crippen LogP contribution in [0.3, 0.4) is 0 Å². The van der Waals surface area contributed by atoms with Crippen LogP contribution in [-0.4, -0.2) is 69.2 Å². The van der Waals surface area contributed by atoms with Gasteiger partial charge in [-0.15, -0.1) is 0 Å². The molecule has 1 fully saturated rings. The third kappa shape index (κ3) is 5.12. The van der Waals surface area contributed by atoms with Crippen LogP contribution in [0.4, 0.5) is 0 Å². The number of hydrogen-bond donors (Lipinski definition) is 0. The van der Waals surface area contributed by atoms with E-state index in [9.17, 15) is 9.59 Å². The first-order valence-corrected chi connectivity index (χ1v) is 12.4. The van der Waals surface area contributed by atoms with E-state index in [4.69, 9.17) is 4.74 Å². The van der Waals surface area contributed by atoms with Crippen molar-refractivity contribution in [3.63, 3.8) is 0 Å². The average Bonchev–Trinajstić information content (AvgIpc) is 3.55. The topological polar surface area (TPSA) is 80.6 Å². The quantitative estimate of drug-likeness (QED) is 0.468. The molecule has 0 radical (unpaired) electrons. The number of nitrogens with zero attached hydrogens (tertiary/aromatic N) is 5. The molecule has 8 nitrogen and oxygen atoms in total. The van der Waals surface area contributed by atoms with Crippen LogP contribution in [0, 0.1) is 0 Å². The molecule has 2 aliphatic heterocycles. The van der Waals surface area contributed by atoms with Crippen LogP contribution in [0.25, 0.3) is 5.69 Å². The zero-order chi connectivity index (χ0) is 24.2. The van der Waals surface area contributed by atoms with Crippen LogP contribution < -0.4 is 0 Å². The van der Waals surface area contributed by atoms with Crippen LogP contribution in [-0.2, 0) is 35.4 Å². The minimum absolute atomic E-state index is 0.173. The van der Waals surface area contributed by atoms with Gasteiger partial charge in [0, 0.05) is 38.3 Å². The summed E-state index contributed by atoms with van der Waals surface area (Å²) in [4.78, 5) is 33.2. The van der Waals surface area contributed by atoms with E-state index in [2.05, 4.69) is 28.0 Å². The SMILES string of the molecule is CCCc1c(CCN2CCN(C(=O)Cc3ccc(-n4cncn4)cc3)CC2)ccc2c1COC2=O.